The van der Waals surface area contributed by atoms with Crippen molar-refractivity contribution in [1.82, 2.24) is 20.2 Å². The Hall–Kier alpha value is -4.68. The standard InChI is InChI=1S/C26H22Cl2N6O6/c1-38-23-8-3-16(9-18(23)13-33-15-29-26(32-33)34(36)37)12-30-31-25(35)21-7-6-20(11-24(21)39-2)40-14-17-4-5-19(27)10-22(17)28/h3-12,15H,13-14H2,1-2H3,(H,31,35)/b30-12+. The Labute approximate surface area is 238 Å². The van der Waals surface area contributed by atoms with Crippen molar-refractivity contribution in [3.8, 4) is 17.2 Å². The molecule has 14 heteroatoms. The van der Waals surface area contributed by atoms with E-state index in [1.54, 1.807) is 54.6 Å². The number of ether oxygens (including phenoxy) is 3. The lowest BCUT2D eigenvalue weighted by molar-refractivity contribution is -0.394. The Morgan fingerprint density at radius 2 is 1.88 bits per heavy atom. The molecule has 0 bridgehead atoms. The monoisotopic (exact) mass is 584 g/mol. The van der Waals surface area contributed by atoms with E-state index < -0.39 is 16.8 Å². The lowest BCUT2D eigenvalue weighted by atomic mass is 10.1. The summed E-state index contributed by atoms with van der Waals surface area (Å²) in [6, 6.07) is 15.1. The van der Waals surface area contributed by atoms with Crippen LogP contribution < -0.4 is 19.6 Å². The molecular weight excluding hydrogens is 563 g/mol. The van der Waals surface area contributed by atoms with Gasteiger partial charge in [0.25, 0.3) is 5.91 Å². The van der Waals surface area contributed by atoms with Crippen LogP contribution in [0, 0.1) is 10.1 Å². The normalized spacial score (nSPS) is 10.9. The van der Waals surface area contributed by atoms with Crippen molar-refractivity contribution in [2.75, 3.05) is 14.2 Å². The second-order valence-corrected chi connectivity index (χ2v) is 9.00. The first kappa shape index (κ1) is 28.3. The minimum absolute atomic E-state index is 0.174. The van der Waals surface area contributed by atoms with Crippen LogP contribution in [-0.2, 0) is 13.2 Å². The summed E-state index contributed by atoms with van der Waals surface area (Å²) in [5.74, 6) is 0.321. The van der Waals surface area contributed by atoms with Gasteiger partial charge in [-0.1, -0.05) is 34.3 Å². The fourth-order valence-corrected chi connectivity index (χ4v) is 4.06. The molecule has 1 N–H and O–H groups in total. The van der Waals surface area contributed by atoms with Gasteiger partial charge in [-0.25, -0.2) is 5.43 Å². The van der Waals surface area contributed by atoms with E-state index in [4.69, 9.17) is 37.4 Å². The van der Waals surface area contributed by atoms with Crippen LogP contribution in [0.25, 0.3) is 0 Å². The molecule has 0 spiro atoms. The maximum Gasteiger partial charge on any atom is 0.490 e. The van der Waals surface area contributed by atoms with Gasteiger partial charge in [-0.3, -0.25) is 4.79 Å². The van der Waals surface area contributed by atoms with E-state index in [-0.39, 0.29) is 18.7 Å². The molecule has 0 saturated carbocycles. The van der Waals surface area contributed by atoms with E-state index in [2.05, 4.69) is 20.6 Å². The van der Waals surface area contributed by atoms with Crippen molar-refractivity contribution in [2.24, 2.45) is 5.10 Å². The summed E-state index contributed by atoms with van der Waals surface area (Å²) < 4.78 is 17.9. The van der Waals surface area contributed by atoms with Gasteiger partial charge in [0.15, 0.2) is 0 Å². The highest BCUT2D eigenvalue weighted by molar-refractivity contribution is 6.35. The van der Waals surface area contributed by atoms with Gasteiger partial charge < -0.3 is 24.3 Å². The second-order valence-electron chi connectivity index (χ2n) is 8.16. The zero-order chi connectivity index (χ0) is 28.6. The van der Waals surface area contributed by atoms with E-state index >= 15 is 0 Å². The molecule has 1 heterocycles. The van der Waals surface area contributed by atoms with E-state index in [1.807, 2.05) is 0 Å². The Kier molecular flexibility index (Phi) is 9.15. The van der Waals surface area contributed by atoms with Crippen LogP contribution in [0.4, 0.5) is 5.95 Å². The number of amides is 1. The number of nitro groups is 1. The van der Waals surface area contributed by atoms with E-state index in [0.29, 0.717) is 38.4 Å². The summed E-state index contributed by atoms with van der Waals surface area (Å²) in [6.07, 6.45) is 2.71. The quantitative estimate of drug-likeness (QED) is 0.149. The average Bonchev–Trinajstić information content (AvgIpc) is 3.41. The highest BCUT2D eigenvalue weighted by Gasteiger charge is 2.16. The van der Waals surface area contributed by atoms with Crippen LogP contribution in [0.2, 0.25) is 10.0 Å². The van der Waals surface area contributed by atoms with Gasteiger partial charge in [0.2, 0.25) is 6.33 Å². The summed E-state index contributed by atoms with van der Waals surface area (Å²) in [4.78, 5) is 26.6. The van der Waals surface area contributed by atoms with Gasteiger partial charge in [0.05, 0.1) is 32.5 Å². The van der Waals surface area contributed by atoms with Crippen molar-refractivity contribution < 1.29 is 23.9 Å². The zero-order valence-corrected chi connectivity index (χ0v) is 22.7. The third-order valence-electron chi connectivity index (χ3n) is 5.53. The molecule has 1 amide bonds. The number of nitrogens with one attached hydrogen (secondary N) is 1. The number of carbonyl (C=O) groups is 1. The first-order chi connectivity index (χ1) is 19.3. The van der Waals surface area contributed by atoms with E-state index in [9.17, 15) is 14.9 Å². The summed E-state index contributed by atoms with van der Waals surface area (Å²) in [5.41, 5.74) is 4.79. The second kappa shape index (κ2) is 12.9. The van der Waals surface area contributed by atoms with Crippen molar-refractivity contribution >= 4 is 41.3 Å². The summed E-state index contributed by atoms with van der Waals surface area (Å²) in [6.45, 7) is 0.376. The van der Waals surface area contributed by atoms with Crippen LogP contribution in [0.3, 0.4) is 0 Å². The molecule has 0 aliphatic carbocycles. The van der Waals surface area contributed by atoms with Crippen molar-refractivity contribution in [3.63, 3.8) is 0 Å². The average molecular weight is 585 g/mol. The number of hydrogen-bond acceptors (Lipinski definition) is 9. The van der Waals surface area contributed by atoms with Crippen molar-refractivity contribution in [2.45, 2.75) is 13.2 Å². The lowest BCUT2D eigenvalue weighted by Gasteiger charge is -2.12. The number of halogens is 2. The van der Waals surface area contributed by atoms with Crippen LogP contribution in [0.15, 0.2) is 66.0 Å². The zero-order valence-electron chi connectivity index (χ0n) is 21.2. The Balaban J connectivity index is 1.41. The molecule has 206 valence electrons. The van der Waals surface area contributed by atoms with Gasteiger partial charge in [0, 0.05) is 32.3 Å². The summed E-state index contributed by atoms with van der Waals surface area (Å²) >= 11 is 12.1. The third kappa shape index (κ3) is 7.04. The van der Waals surface area contributed by atoms with Crippen LogP contribution in [-0.4, -0.2) is 46.0 Å². The number of aromatic nitrogens is 3. The number of rotatable bonds is 11. The SMILES string of the molecule is COc1ccc(/C=N/NC(=O)c2ccc(OCc3ccc(Cl)cc3Cl)cc2OC)cc1Cn1cnc([N+](=O)[O-])n1. The molecule has 0 radical (unpaired) electrons. The Morgan fingerprint density at radius 1 is 1.07 bits per heavy atom. The Morgan fingerprint density at radius 3 is 2.58 bits per heavy atom. The highest BCUT2D eigenvalue weighted by Crippen LogP contribution is 2.27. The minimum atomic E-state index is -0.674. The number of hydrogen-bond donors (Lipinski definition) is 1. The molecule has 0 unspecified atom stereocenters. The fraction of sp³-hybridized carbons (Fsp3) is 0.154. The molecule has 0 saturated heterocycles. The predicted molar refractivity (Wildman–Crippen MR) is 148 cm³/mol. The molecule has 1 aromatic heterocycles. The highest BCUT2D eigenvalue weighted by atomic mass is 35.5. The van der Waals surface area contributed by atoms with Gasteiger partial charge >= 0.3 is 5.95 Å². The van der Waals surface area contributed by atoms with Gasteiger partial charge in [-0.2, -0.15) is 9.78 Å². The molecule has 0 aliphatic heterocycles. The summed E-state index contributed by atoms with van der Waals surface area (Å²) in [5, 5.41) is 19.7. The smallest absolute Gasteiger partial charge is 0.490 e. The topological polar surface area (TPSA) is 143 Å². The third-order valence-corrected chi connectivity index (χ3v) is 6.12. The molecule has 4 aromatic rings. The number of hydrazone groups is 1. The molecule has 3 aromatic carbocycles. The van der Waals surface area contributed by atoms with Gasteiger partial charge in [0.1, 0.15) is 23.9 Å². The fourth-order valence-electron chi connectivity index (χ4n) is 3.60. The Bertz CT molecular complexity index is 1580. The molecule has 12 nitrogen and oxygen atoms in total. The maximum atomic E-state index is 12.8. The molecule has 40 heavy (non-hydrogen) atoms. The van der Waals surface area contributed by atoms with Crippen LogP contribution in [0.5, 0.6) is 17.2 Å². The maximum absolute atomic E-state index is 12.8. The predicted octanol–water partition coefficient (Wildman–Crippen LogP) is 4.90. The number of methoxy groups -OCH3 is 2. The molecule has 0 fully saturated rings. The minimum Gasteiger partial charge on any atom is -0.496 e. The number of benzene rings is 3. The van der Waals surface area contributed by atoms with Crippen LogP contribution >= 0.6 is 23.2 Å². The van der Waals surface area contributed by atoms with Gasteiger partial charge in [-0.05, 0) is 53.0 Å². The lowest BCUT2D eigenvalue weighted by Crippen LogP contribution is -2.18. The first-order valence-electron chi connectivity index (χ1n) is 11.6. The first-order valence-corrected chi connectivity index (χ1v) is 12.3. The summed E-state index contributed by atoms with van der Waals surface area (Å²) in [7, 11) is 2.95. The number of nitrogens with zero attached hydrogens (tertiary/aromatic N) is 5. The molecule has 0 aliphatic rings. The van der Waals surface area contributed by atoms with Crippen molar-refractivity contribution in [1.29, 1.82) is 0 Å². The van der Waals surface area contributed by atoms with Gasteiger partial charge in [-0.15, -0.1) is 0 Å². The largest absolute Gasteiger partial charge is 0.496 e. The molecular formula is C26H22Cl2N6O6. The van der Waals surface area contributed by atoms with E-state index in [0.717, 1.165) is 5.56 Å². The molecule has 4 rings (SSSR count). The van der Waals surface area contributed by atoms with Crippen LogP contribution in [0.1, 0.15) is 27.0 Å². The van der Waals surface area contributed by atoms with E-state index in [1.165, 1.54) is 31.4 Å². The number of carbonyl (C=O) groups excluding carboxylic acids is 1. The van der Waals surface area contributed by atoms with Crippen molar-refractivity contribution in [3.05, 3.63) is 103 Å². The molecule has 0 atom stereocenters.